The van der Waals surface area contributed by atoms with Gasteiger partial charge in [0.15, 0.2) is 0 Å². The van der Waals surface area contributed by atoms with Crippen molar-refractivity contribution in [3.8, 4) is 0 Å². The predicted octanol–water partition coefficient (Wildman–Crippen LogP) is 1.93. The summed E-state index contributed by atoms with van der Waals surface area (Å²) in [5.74, 6) is 1.12. The van der Waals surface area contributed by atoms with Crippen LogP contribution in [0, 0.1) is 23.2 Å². The SMILES string of the molecule is CC1OCCC1CNC(=O)C1CCC(N)C(C)C1(C)C. The number of hydrogen-bond acceptors (Lipinski definition) is 3. The average molecular weight is 282 g/mol. The predicted molar refractivity (Wildman–Crippen MR) is 80.2 cm³/mol. The third-order valence-corrected chi connectivity index (χ3v) is 5.89. The van der Waals surface area contributed by atoms with Crippen LogP contribution in [0.5, 0.6) is 0 Å². The first-order valence-electron chi connectivity index (χ1n) is 7.99. The summed E-state index contributed by atoms with van der Waals surface area (Å²) in [5.41, 5.74) is 6.13. The van der Waals surface area contributed by atoms with E-state index in [9.17, 15) is 4.79 Å². The second kappa shape index (κ2) is 6.02. The molecular weight excluding hydrogens is 252 g/mol. The highest BCUT2D eigenvalue weighted by molar-refractivity contribution is 5.79. The number of carbonyl (C=O) groups excluding carboxylic acids is 1. The first-order valence-corrected chi connectivity index (χ1v) is 7.99. The number of nitrogens with two attached hydrogens (primary N) is 1. The number of carbonyl (C=O) groups is 1. The van der Waals surface area contributed by atoms with Gasteiger partial charge in [-0.05, 0) is 37.5 Å². The Morgan fingerprint density at radius 1 is 1.30 bits per heavy atom. The Labute approximate surface area is 122 Å². The molecule has 2 aliphatic rings. The number of hydrogen-bond donors (Lipinski definition) is 2. The zero-order valence-corrected chi connectivity index (χ0v) is 13.3. The van der Waals surface area contributed by atoms with E-state index in [1.165, 1.54) is 0 Å². The van der Waals surface area contributed by atoms with Gasteiger partial charge in [-0.25, -0.2) is 0 Å². The second-order valence-electron chi connectivity index (χ2n) is 7.27. The molecular formula is C16H30N2O2. The summed E-state index contributed by atoms with van der Waals surface area (Å²) in [7, 11) is 0. The minimum Gasteiger partial charge on any atom is -0.378 e. The lowest BCUT2D eigenvalue weighted by Crippen LogP contribution is -2.52. The highest BCUT2D eigenvalue weighted by atomic mass is 16.5. The molecule has 0 spiro atoms. The maximum Gasteiger partial charge on any atom is 0.223 e. The van der Waals surface area contributed by atoms with Gasteiger partial charge in [0.2, 0.25) is 5.91 Å². The van der Waals surface area contributed by atoms with Crippen molar-refractivity contribution in [1.29, 1.82) is 0 Å². The van der Waals surface area contributed by atoms with Crippen LogP contribution < -0.4 is 11.1 Å². The van der Waals surface area contributed by atoms with Crippen LogP contribution in [0.4, 0.5) is 0 Å². The molecule has 0 aromatic carbocycles. The molecule has 1 aliphatic carbocycles. The monoisotopic (exact) mass is 282 g/mol. The molecule has 5 unspecified atom stereocenters. The Kier molecular flexibility index (Phi) is 4.75. The number of ether oxygens (including phenoxy) is 1. The van der Waals surface area contributed by atoms with Crippen molar-refractivity contribution in [1.82, 2.24) is 5.32 Å². The largest absolute Gasteiger partial charge is 0.378 e. The van der Waals surface area contributed by atoms with E-state index >= 15 is 0 Å². The summed E-state index contributed by atoms with van der Waals surface area (Å²) in [6.45, 7) is 10.2. The maximum atomic E-state index is 12.5. The molecule has 4 heteroatoms. The lowest BCUT2D eigenvalue weighted by Gasteiger charge is -2.46. The second-order valence-corrected chi connectivity index (χ2v) is 7.27. The fourth-order valence-electron chi connectivity index (χ4n) is 3.72. The molecule has 0 aromatic rings. The molecule has 3 N–H and O–H groups in total. The topological polar surface area (TPSA) is 64.3 Å². The Morgan fingerprint density at radius 2 is 2.00 bits per heavy atom. The van der Waals surface area contributed by atoms with Crippen LogP contribution >= 0.6 is 0 Å². The Morgan fingerprint density at radius 3 is 2.60 bits per heavy atom. The van der Waals surface area contributed by atoms with Crippen LogP contribution in [0.25, 0.3) is 0 Å². The van der Waals surface area contributed by atoms with Crippen LogP contribution in [0.15, 0.2) is 0 Å². The summed E-state index contributed by atoms with van der Waals surface area (Å²) >= 11 is 0. The summed E-state index contributed by atoms with van der Waals surface area (Å²) in [6, 6.07) is 0.220. The van der Waals surface area contributed by atoms with Crippen LogP contribution in [0.2, 0.25) is 0 Å². The lowest BCUT2D eigenvalue weighted by molar-refractivity contribution is -0.132. The fraction of sp³-hybridized carbons (Fsp3) is 0.938. The minimum absolute atomic E-state index is 0.0282. The molecule has 0 aromatic heterocycles. The van der Waals surface area contributed by atoms with E-state index < -0.39 is 0 Å². The van der Waals surface area contributed by atoms with Gasteiger partial charge in [0.1, 0.15) is 0 Å². The van der Waals surface area contributed by atoms with Crippen LogP contribution in [0.1, 0.15) is 47.0 Å². The fourth-order valence-corrected chi connectivity index (χ4v) is 3.72. The van der Waals surface area contributed by atoms with Gasteiger partial charge in [0.05, 0.1) is 6.10 Å². The molecule has 116 valence electrons. The molecule has 1 amide bonds. The minimum atomic E-state index is -0.0282. The van der Waals surface area contributed by atoms with Crippen LogP contribution in [-0.2, 0) is 9.53 Å². The highest BCUT2D eigenvalue weighted by Crippen LogP contribution is 2.44. The Balaban J connectivity index is 1.91. The molecule has 20 heavy (non-hydrogen) atoms. The number of rotatable bonds is 3. The molecule has 1 aliphatic heterocycles. The summed E-state index contributed by atoms with van der Waals surface area (Å²) in [4.78, 5) is 12.5. The first kappa shape index (κ1) is 15.8. The maximum absolute atomic E-state index is 12.5. The van der Waals surface area contributed by atoms with Crippen LogP contribution in [0.3, 0.4) is 0 Å². The average Bonchev–Trinajstić information content (AvgIpc) is 2.79. The highest BCUT2D eigenvalue weighted by Gasteiger charge is 2.45. The smallest absolute Gasteiger partial charge is 0.223 e. The molecule has 4 nitrogen and oxygen atoms in total. The zero-order chi connectivity index (χ0) is 14.9. The van der Waals surface area contributed by atoms with Crippen molar-refractivity contribution in [2.75, 3.05) is 13.2 Å². The van der Waals surface area contributed by atoms with Crippen molar-refractivity contribution in [2.45, 2.75) is 59.1 Å². The van der Waals surface area contributed by atoms with Gasteiger partial charge in [0, 0.05) is 31.0 Å². The summed E-state index contributed by atoms with van der Waals surface area (Å²) in [5, 5.41) is 3.16. The Hall–Kier alpha value is -0.610. The number of amides is 1. The van der Waals surface area contributed by atoms with Crippen molar-refractivity contribution >= 4 is 5.91 Å². The lowest BCUT2D eigenvalue weighted by atomic mass is 9.61. The number of nitrogens with one attached hydrogen (secondary N) is 1. The molecule has 1 saturated carbocycles. The quantitative estimate of drug-likeness (QED) is 0.831. The van der Waals surface area contributed by atoms with Gasteiger partial charge < -0.3 is 15.8 Å². The zero-order valence-electron chi connectivity index (χ0n) is 13.3. The van der Waals surface area contributed by atoms with Crippen LogP contribution in [-0.4, -0.2) is 31.2 Å². The van der Waals surface area contributed by atoms with Gasteiger partial charge in [-0.3, -0.25) is 4.79 Å². The van der Waals surface area contributed by atoms with E-state index in [4.69, 9.17) is 10.5 Å². The third kappa shape index (κ3) is 3.01. The normalized spacial score (nSPS) is 40.5. The molecule has 2 rings (SSSR count). The van der Waals surface area contributed by atoms with Crippen molar-refractivity contribution in [2.24, 2.45) is 28.9 Å². The van der Waals surface area contributed by atoms with Crippen molar-refractivity contribution in [3.63, 3.8) is 0 Å². The van der Waals surface area contributed by atoms with E-state index in [0.29, 0.717) is 11.8 Å². The van der Waals surface area contributed by atoms with E-state index in [-0.39, 0.29) is 29.4 Å². The molecule has 1 heterocycles. The first-order chi connectivity index (χ1) is 9.34. The molecule has 1 saturated heterocycles. The summed E-state index contributed by atoms with van der Waals surface area (Å²) < 4.78 is 5.55. The Bertz CT molecular complexity index is 356. The van der Waals surface area contributed by atoms with Gasteiger partial charge in [-0.1, -0.05) is 20.8 Å². The summed E-state index contributed by atoms with van der Waals surface area (Å²) in [6.07, 6.45) is 3.17. The van der Waals surface area contributed by atoms with Crippen molar-refractivity contribution in [3.05, 3.63) is 0 Å². The van der Waals surface area contributed by atoms with Gasteiger partial charge in [-0.15, -0.1) is 0 Å². The van der Waals surface area contributed by atoms with Crippen molar-refractivity contribution < 1.29 is 9.53 Å². The molecule has 5 atom stereocenters. The van der Waals surface area contributed by atoms with E-state index in [2.05, 4.69) is 33.0 Å². The third-order valence-electron chi connectivity index (χ3n) is 5.89. The molecule has 2 fully saturated rings. The standard InChI is InChI=1S/C16H30N2O2/c1-10-14(17)6-5-13(16(10,3)4)15(19)18-9-12-7-8-20-11(12)2/h10-14H,5-9,17H2,1-4H3,(H,18,19). The van der Waals surface area contributed by atoms with Gasteiger partial charge in [-0.2, -0.15) is 0 Å². The van der Waals surface area contributed by atoms with E-state index in [1.54, 1.807) is 0 Å². The van der Waals surface area contributed by atoms with Gasteiger partial charge >= 0.3 is 0 Å². The van der Waals surface area contributed by atoms with E-state index in [0.717, 1.165) is 32.4 Å². The molecule has 0 radical (unpaired) electrons. The molecule has 0 bridgehead atoms. The van der Waals surface area contributed by atoms with E-state index in [1.807, 2.05) is 0 Å². The van der Waals surface area contributed by atoms with Gasteiger partial charge in [0.25, 0.3) is 0 Å².